The Morgan fingerprint density at radius 2 is 0.885 bits per heavy atom. The van der Waals surface area contributed by atoms with Gasteiger partial charge < -0.3 is 10.2 Å². The van der Waals surface area contributed by atoms with Crippen molar-refractivity contribution >= 4 is 0 Å². The van der Waals surface area contributed by atoms with Crippen LogP contribution < -0.4 is 0 Å². The van der Waals surface area contributed by atoms with Crippen LogP contribution in [0.3, 0.4) is 0 Å². The van der Waals surface area contributed by atoms with Crippen LogP contribution in [-0.4, -0.2) is 10.2 Å². The molecule has 26 heavy (non-hydrogen) atoms. The van der Waals surface area contributed by atoms with Crippen molar-refractivity contribution in [3.8, 4) is 11.5 Å². The smallest absolute Gasteiger partial charge is 0.119 e. The van der Waals surface area contributed by atoms with Gasteiger partial charge in [0.25, 0.3) is 0 Å². The highest BCUT2D eigenvalue weighted by Crippen LogP contribution is 2.40. The molecule has 0 aliphatic carbocycles. The van der Waals surface area contributed by atoms with Crippen LogP contribution >= 0.6 is 0 Å². The molecule has 0 heterocycles. The molecule has 1 rings (SSSR count). The van der Waals surface area contributed by atoms with Crippen molar-refractivity contribution in [2.45, 2.75) is 92.9 Å². The molecule has 0 radical (unpaired) electrons. The molecule has 4 unspecified atom stereocenters. The molecule has 2 N–H and O–H groups in total. The Kier molecular flexibility index (Phi) is 9.00. The average molecular weight is 363 g/mol. The molecule has 0 saturated carbocycles. The molecule has 0 spiro atoms. The summed E-state index contributed by atoms with van der Waals surface area (Å²) in [5, 5.41) is 21.2. The Morgan fingerprint density at radius 3 is 1.15 bits per heavy atom. The summed E-state index contributed by atoms with van der Waals surface area (Å²) in [6, 6.07) is 3.61. The largest absolute Gasteiger partial charge is 0.508 e. The van der Waals surface area contributed by atoms with E-state index < -0.39 is 0 Å². The van der Waals surface area contributed by atoms with Gasteiger partial charge in [0.15, 0.2) is 0 Å². The molecule has 0 aliphatic rings. The predicted octanol–water partition coefficient (Wildman–Crippen LogP) is 7.45. The molecular formula is C24H42O2. The number of benzene rings is 1. The maximum atomic E-state index is 10.6. The highest BCUT2D eigenvalue weighted by atomic mass is 16.3. The van der Waals surface area contributed by atoms with Gasteiger partial charge in [-0.1, -0.05) is 55.4 Å². The van der Waals surface area contributed by atoms with Crippen LogP contribution in [0.25, 0.3) is 0 Å². The van der Waals surface area contributed by atoms with Gasteiger partial charge >= 0.3 is 0 Å². The van der Waals surface area contributed by atoms with Gasteiger partial charge in [-0.05, 0) is 73.3 Å². The molecule has 0 aliphatic heterocycles. The summed E-state index contributed by atoms with van der Waals surface area (Å²) in [4.78, 5) is 0. The lowest BCUT2D eigenvalue weighted by atomic mass is 9.83. The van der Waals surface area contributed by atoms with Gasteiger partial charge in [0.05, 0.1) is 0 Å². The van der Waals surface area contributed by atoms with E-state index in [0.717, 1.165) is 24.0 Å². The number of rotatable bonds is 10. The first kappa shape index (κ1) is 22.9. The van der Waals surface area contributed by atoms with Crippen molar-refractivity contribution < 1.29 is 10.2 Å². The molecule has 0 amide bonds. The van der Waals surface area contributed by atoms with E-state index in [4.69, 9.17) is 0 Å². The molecule has 1 aromatic carbocycles. The van der Waals surface area contributed by atoms with Gasteiger partial charge in [0.1, 0.15) is 11.5 Å². The van der Waals surface area contributed by atoms with Crippen molar-refractivity contribution in [2.24, 2.45) is 23.7 Å². The lowest BCUT2D eigenvalue weighted by Crippen LogP contribution is -2.07. The van der Waals surface area contributed by atoms with Crippen LogP contribution in [0.1, 0.15) is 104 Å². The quantitative estimate of drug-likeness (QED) is 0.424. The molecule has 0 bridgehead atoms. The lowest BCUT2D eigenvalue weighted by Gasteiger charge is -2.23. The highest BCUT2D eigenvalue weighted by molar-refractivity contribution is 5.48. The van der Waals surface area contributed by atoms with Gasteiger partial charge in [-0.3, -0.25) is 0 Å². The maximum Gasteiger partial charge on any atom is 0.119 e. The van der Waals surface area contributed by atoms with Crippen LogP contribution in [-0.2, 0) is 0 Å². The monoisotopic (exact) mass is 362 g/mol. The van der Waals surface area contributed by atoms with Gasteiger partial charge in [-0.15, -0.1) is 0 Å². The van der Waals surface area contributed by atoms with Crippen LogP contribution in [0.4, 0.5) is 0 Å². The van der Waals surface area contributed by atoms with Crippen molar-refractivity contribution in [1.29, 1.82) is 0 Å². The fourth-order valence-electron chi connectivity index (χ4n) is 4.66. The third-order valence-electron chi connectivity index (χ3n) is 5.50. The fraction of sp³-hybridized carbons (Fsp3) is 0.750. The van der Waals surface area contributed by atoms with Gasteiger partial charge in [0.2, 0.25) is 0 Å². The van der Waals surface area contributed by atoms with Crippen LogP contribution in [0.15, 0.2) is 12.1 Å². The Balaban J connectivity index is 2.86. The number of aromatic hydroxyl groups is 2. The summed E-state index contributed by atoms with van der Waals surface area (Å²) in [6.45, 7) is 17.9. The summed E-state index contributed by atoms with van der Waals surface area (Å²) in [7, 11) is 0. The SMILES string of the molecule is CC(C)CC(C)CC(C)c1cc(O)c(C(C)CC(C)CC(C)C)cc1O. The minimum absolute atomic E-state index is 0.249. The van der Waals surface area contributed by atoms with Crippen molar-refractivity contribution in [3.05, 3.63) is 23.3 Å². The van der Waals surface area contributed by atoms with Crippen LogP contribution in [0, 0.1) is 23.7 Å². The zero-order valence-electron chi connectivity index (χ0n) is 18.3. The van der Waals surface area contributed by atoms with Crippen LogP contribution in [0.2, 0.25) is 0 Å². The first-order valence-corrected chi connectivity index (χ1v) is 10.6. The summed E-state index contributed by atoms with van der Waals surface area (Å²) in [5.41, 5.74) is 1.76. The Morgan fingerprint density at radius 1 is 0.577 bits per heavy atom. The Labute approximate surface area is 162 Å². The third-order valence-corrected chi connectivity index (χ3v) is 5.50. The van der Waals surface area contributed by atoms with Crippen molar-refractivity contribution in [1.82, 2.24) is 0 Å². The molecule has 2 nitrogen and oxygen atoms in total. The second-order valence-electron chi connectivity index (χ2n) is 9.71. The van der Waals surface area contributed by atoms with Crippen LogP contribution in [0.5, 0.6) is 11.5 Å². The average Bonchev–Trinajstić information content (AvgIpc) is 2.46. The normalized spacial score (nSPS) is 16.7. The van der Waals surface area contributed by atoms with E-state index >= 15 is 0 Å². The van der Waals surface area contributed by atoms with Gasteiger partial charge in [-0.25, -0.2) is 0 Å². The summed E-state index contributed by atoms with van der Waals surface area (Å²) >= 11 is 0. The van der Waals surface area contributed by atoms with E-state index in [9.17, 15) is 10.2 Å². The van der Waals surface area contributed by atoms with E-state index in [1.807, 2.05) is 0 Å². The van der Waals surface area contributed by atoms with E-state index in [1.165, 1.54) is 12.8 Å². The molecule has 0 fully saturated rings. The number of hydrogen-bond donors (Lipinski definition) is 2. The zero-order chi connectivity index (χ0) is 20.0. The van der Waals surface area contributed by atoms with E-state index in [-0.39, 0.29) is 11.8 Å². The fourth-order valence-corrected chi connectivity index (χ4v) is 4.66. The summed E-state index contributed by atoms with van der Waals surface area (Å²) in [6.07, 6.45) is 4.46. The topological polar surface area (TPSA) is 40.5 Å². The van der Waals surface area contributed by atoms with E-state index in [1.54, 1.807) is 12.1 Å². The molecule has 0 saturated heterocycles. The van der Waals surface area contributed by atoms with Gasteiger partial charge in [0, 0.05) is 11.1 Å². The summed E-state index contributed by atoms with van der Waals surface area (Å²) in [5.74, 6) is 3.78. The molecule has 0 aromatic heterocycles. The zero-order valence-corrected chi connectivity index (χ0v) is 18.3. The first-order chi connectivity index (χ1) is 12.0. The molecular weight excluding hydrogens is 320 g/mol. The standard InChI is InChI=1S/C24H42O2/c1-15(2)9-17(5)11-19(7)21-13-24(26)22(14-23(21)25)20(8)12-18(6)10-16(3)4/h13-20,25-26H,9-12H2,1-8H3. The summed E-state index contributed by atoms with van der Waals surface area (Å²) < 4.78 is 0. The van der Waals surface area contributed by atoms with Crippen molar-refractivity contribution in [2.75, 3.05) is 0 Å². The highest BCUT2D eigenvalue weighted by Gasteiger charge is 2.21. The second kappa shape index (κ2) is 10.2. The minimum Gasteiger partial charge on any atom is -0.508 e. The van der Waals surface area contributed by atoms with Gasteiger partial charge in [-0.2, -0.15) is 0 Å². The Bertz CT molecular complexity index is 498. The molecule has 1 aromatic rings. The Hall–Kier alpha value is -1.18. The predicted molar refractivity (Wildman–Crippen MR) is 113 cm³/mol. The number of hydrogen-bond acceptors (Lipinski definition) is 2. The van der Waals surface area contributed by atoms with E-state index in [2.05, 4.69) is 55.4 Å². The maximum absolute atomic E-state index is 10.6. The molecule has 2 heteroatoms. The third kappa shape index (κ3) is 7.21. The number of phenolic OH excluding ortho intramolecular Hbond substituents is 2. The van der Waals surface area contributed by atoms with E-state index in [0.29, 0.717) is 35.2 Å². The minimum atomic E-state index is 0.249. The lowest BCUT2D eigenvalue weighted by molar-refractivity contribution is 0.377. The number of phenols is 2. The molecule has 4 atom stereocenters. The second-order valence-corrected chi connectivity index (χ2v) is 9.71. The molecule has 150 valence electrons. The first-order valence-electron chi connectivity index (χ1n) is 10.6. The van der Waals surface area contributed by atoms with Crippen molar-refractivity contribution in [3.63, 3.8) is 0 Å².